The van der Waals surface area contributed by atoms with Crippen molar-refractivity contribution in [2.24, 2.45) is 0 Å². The molecule has 2 heterocycles. The van der Waals surface area contributed by atoms with Crippen molar-refractivity contribution in [3.05, 3.63) is 35.4 Å². The minimum Gasteiger partial charge on any atom is -0.379 e. The second-order valence-corrected chi connectivity index (χ2v) is 9.11. The number of urea groups is 1. The van der Waals surface area contributed by atoms with Crippen LogP contribution < -0.4 is 10.6 Å². The molecule has 0 aromatic heterocycles. The third-order valence-corrected chi connectivity index (χ3v) is 6.74. The minimum atomic E-state index is -0.0486. The lowest BCUT2D eigenvalue weighted by atomic mass is 9.96. The summed E-state index contributed by atoms with van der Waals surface area (Å²) in [7, 11) is 0. The lowest BCUT2D eigenvalue weighted by Gasteiger charge is -2.33. The van der Waals surface area contributed by atoms with Gasteiger partial charge in [0.1, 0.15) is 0 Å². The number of hydrogen-bond acceptors (Lipinski definition) is 4. The molecule has 1 aliphatic carbocycles. The van der Waals surface area contributed by atoms with Gasteiger partial charge in [-0.25, -0.2) is 4.79 Å². The first-order valence-electron chi connectivity index (χ1n) is 11.9. The quantitative estimate of drug-likeness (QED) is 0.756. The van der Waals surface area contributed by atoms with Gasteiger partial charge in [0.25, 0.3) is 5.91 Å². The maximum absolute atomic E-state index is 13.0. The highest BCUT2D eigenvalue weighted by Gasteiger charge is 2.25. The van der Waals surface area contributed by atoms with Crippen molar-refractivity contribution < 1.29 is 14.3 Å². The van der Waals surface area contributed by atoms with Crippen molar-refractivity contribution >= 4 is 11.9 Å². The van der Waals surface area contributed by atoms with E-state index in [0.717, 1.165) is 64.1 Å². The number of ether oxygens (including phenoxy) is 1. The molecular weight excluding hydrogens is 392 g/mol. The molecule has 170 valence electrons. The van der Waals surface area contributed by atoms with E-state index in [0.29, 0.717) is 19.1 Å². The van der Waals surface area contributed by atoms with Gasteiger partial charge >= 0.3 is 6.03 Å². The Morgan fingerprint density at radius 2 is 1.58 bits per heavy atom. The molecular formula is C24H36N4O3. The number of benzene rings is 1. The molecule has 4 rings (SSSR count). The number of hydrogen-bond donors (Lipinski definition) is 2. The predicted octanol–water partition coefficient (Wildman–Crippen LogP) is 2.76. The predicted molar refractivity (Wildman–Crippen MR) is 120 cm³/mol. The average Bonchev–Trinajstić information content (AvgIpc) is 2.80. The van der Waals surface area contributed by atoms with Crippen LogP contribution in [-0.2, 0) is 11.3 Å². The van der Waals surface area contributed by atoms with E-state index in [4.69, 9.17) is 4.74 Å². The first-order valence-corrected chi connectivity index (χ1v) is 11.9. The number of carbonyl (C=O) groups is 2. The monoisotopic (exact) mass is 428 g/mol. The van der Waals surface area contributed by atoms with Crippen LogP contribution in [0.5, 0.6) is 0 Å². The number of carbonyl (C=O) groups excluding carboxylic acids is 2. The number of rotatable bonds is 5. The molecule has 0 atom stereocenters. The van der Waals surface area contributed by atoms with E-state index in [2.05, 4.69) is 21.6 Å². The molecule has 1 aromatic carbocycles. The van der Waals surface area contributed by atoms with Gasteiger partial charge in [-0.1, -0.05) is 31.4 Å². The number of nitrogens with zero attached hydrogens (tertiary/aromatic N) is 2. The molecule has 0 unspecified atom stereocenters. The van der Waals surface area contributed by atoms with Gasteiger partial charge in [-0.15, -0.1) is 0 Å². The third kappa shape index (κ3) is 6.43. The van der Waals surface area contributed by atoms with Crippen LogP contribution in [0.4, 0.5) is 4.79 Å². The molecule has 31 heavy (non-hydrogen) atoms. The fourth-order valence-electron chi connectivity index (χ4n) is 4.89. The van der Waals surface area contributed by atoms with E-state index in [1.54, 1.807) is 0 Å². The molecule has 7 heteroatoms. The second kappa shape index (κ2) is 11.0. The summed E-state index contributed by atoms with van der Waals surface area (Å²) in [5.41, 5.74) is 1.93. The summed E-state index contributed by atoms with van der Waals surface area (Å²) in [6, 6.07) is 8.42. The second-order valence-electron chi connectivity index (χ2n) is 9.11. The molecule has 2 saturated heterocycles. The SMILES string of the molecule is O=C(NC1CCCCC1)NC1CCN(C(=O)c2cccc(CN3CCOCC3)c2)CC1. The molecule has 2 aliphatic heterocycles. The van der Waals surface area contributed by atoms with E-state index in [1.165, 1.54) is 24.8 Å². The third-order valence-electron chi connectivity index (χ3n) is 6.74. The van der Waals surface area contributed by atoms with E-state index in [9.17, 15) is 9.59 Å². The van der Waals surface area contributed by atoms with Gasteiger partial charge in [0.05, 0.1) is 13.2 Å². The molecule has 3 fully saturated rings. The van der Waals surface area contributed by atoms with Crippen LogP contribution in [-0.4, -0.2) is 73.2 Å². The highest BCUT2D eigenvalue weighted by molar-refractivity contribution is 5.94. The number of likely N-dealkylation sites (tertiary alicyclic amines) is 1. The standard InChI is InChI=1S/C24H36N4O3/c29-23(20-6-4-5-19(17-20)18-27-13-15-31-16-14-27)28-11-9-22(10-12-28)26-24(30)25-21-7-2-1-3-8-21/h4-6,17,21-22H,1-3,7-16,18H2,(H2,25,26,30). The highest BCUT2D eigenvalue weighted by atomic mass is 16.5. The maximum Gasteiger partial charge on any atom is 0.315 e. The Balaban J connectivity index is 1.23. The van der Waals surface area contributed by atoms with Crippen molar-refractivity contribution in [1.82, 2.24) is 20.4 Å². The van der Waals surface area contributed by atoms with Gasteiger partial charge < -0.3 is 20.3 Å². The largest absolute Gasteiger partial charge is 0.379 e. The van der Waals surface area contributed by atoms with Crippen molar-refractivity contribution in [2.45, 2.75) is 63.6 Å². The first kappa shape index (κ1) is 22.1. The molecule has 1 aromatic rings. The van der Waals surface area contributed by atoms with Crippen LogP contribution in [0, 0.1) is 0 Å². The van der Waals surface area contributed by atoms with E-state index < -0.39 is 0 Å². The van der Waals surface area contributed by atoms with Gasteiger partial charge in [0, 0.05) is 50.4 Å². The Hall–Kier alpha value is -2.12. The zero-order valence-electron chi connectivity index (χ0n) is 18.5. The summed E-state index contributed by atoms with van der Waals surface area (Å²) in [6.45, 7) is 5.65. The van der Waals surface area contributed by atoms with E-state index >= 15 is 0 Å². The molecule has 1 saturated carbocycles. The number of nitrogens with one attached hydrogen (secondary N) is 2. The van der Waals surface area contributed by atoms with Crippen LogP contribution in [0.2, 0.25) is 0 Å². The van der Waals surface area contributed by atoms with Crippen LogP contribution in [0.3, 0.4) is 0 Å². The summed E-state index contributed by atoms with van der Waals surface area (Å²) in [5, 5.41) is 6.24. The molecule has 0 spiro atoms. The zero-order chi connectivity index (χ0) is 21.5. The van der Waals surface area contributed by atoms with Gasteiger partial charge in [0.15, 0.2) is 0 Å². The fraction of sp³-hybridized carbons (Fsp3) is 0.667. The summed E-state index contributed by atoms with van der Waals surface area (Å²) in [6.07, 6.45) is 7.48. The van der Waals surface area contributed by atoms with Crippen molar-refractivity contribution in [2.75, 3.05) is 39.4 Å². The van der Waals surface area contributed by atoms with Gasteiger partial charge in [0.2, 0.25) is 0 Å². The Bertz CT molecular complexity index is 736. The number of morpholine rings is 1. The number of piperidine rings is 1. The normalized spacial score (nSPS) is 21.6. The Morgan fingerprint density at radius 1 is 0.903 bits per heavy atom. The average molecular weight is 429 g/mol. The van der Waals surface area contributed by atoms with E-state index in [-0.39, 0.29) is 18.0 Å². The fourth-order valence-corrected chi connectivity index (χ4v) is 4.89. The Morgan fingerprint density at radius 3 is 2.29 bits per heavy atom. The molecule has 3 aliphatic rings. The summed E-state index contributed by atoms with van der Waals surface area (Å²) >= 11 is 0. The molecule has 7 nitrogen and oxygen atoms in total. The van der Waals surface area contributed by atoms with Gasteiger partial charge in [-0.05, 0) is 43.4 Å². The lowest BCUT2D eigenvalue weighted by Crippen LogP contribution is -2.51. The Labute approximate surface area is 185 Å². The molecule has 0 bridgehead atoms. The highest BCUT2D eigenvalue weighted by Crippen LogP contribution is 2.18. The first-order chi connectivity index (χ1) is 15.2. The van der Waals surface area contributed by atoms with Gasteiger partial charge in [-0.2, -0.15) is 0 Å². The van der Waals surface area contributed by atoms with Crippen molar-refractivity contribution in [3.8, 4) is 0 Å². The Kier molecular flexibility index (Phi) is 7.81. The van der Waals surface area contributed by atoms with Crippen LogP contribution in [0.15, 0.2) is 24.3 Å². The molecule has 2 N–H and O–H groups in total. The number of amides is 3. The topological polar surface area (TPSA) is 73.9 Å². The minimum absolute atomic E-state index is 0.0486. The van der Waals surface area contributed by atoms with Crippen LogP contribution >= 0.6 is 0 Å². The van der Waals surface area contributed by atoms with Crippen molar-refractivity contribution in [3.63, 3.8) is 0 Å². The maximum atomic E-state index is 13.0. The van der Waals surface area contributed by atoms with Gasteiger partial charge in [-0.3, -0.25) is 9.69 Å². The summed E-state index contributed by atoms with van der Waals surface area (Å²) in [5.74, 6) is 0.0916. The zero-order valence-corrected chi connectivity index (χ0v) is 18.5. The molecule has 0 radical (unpaired) electrons. The lowest BCUT2D eigenvalue weighted by molar-refractivity contribution is 0.0341. The smallest absolute Gasteiger partial charge is 0.315 e. The molecule has 3 amide bonds. The van der Waals surface area contributed by atoms with E-state index in [1.807, 2.05) is 23.1 Å². The van der Waals surface area contributed by atoms with Crippen LogP contribution in [0.25, 0.3) is 0 Å². The van der Waals surface area contributed by atoms with Crippen LogP contribution in [0.1, 0.15) is 60.9 Å². The summed E-state index contributed by atoms with van der Waals surface area (Å²) in [4.78, 5) is 29.6. The van der Waals surface area contributed by atoms with Crippen molar-refractivity contribution in [1.29, 1.82) is 0 Å². The summed E-state index contributed by atoms with van der Waals surface area (Å²) < 4.78 is 5.42.